The van der Waals surface area contributed by atoms with Crippen molar-refractivity contribution in [2.45, 2.75) is 95.5 Å². The first-order valence-corrected chi connectivity index (χ1v) is 11.6. The van der Waals surface area contributed by atoms with E-state index < -0.39 is 22.8 Å². The molecule has 178 valence electrons. The number of aromatic nitrogens is 1. The average molecular weight is 467 g/mol. The lowest BCUT2D eigenvalue weighted by Gasteiger charge is -2.34. The van der Waals surface area contributed by atoms with Crippen LogP contribution in [0.15, 0.2) is 10.6 Å². The van der Waals surface area contributed by atoms with Crippen LogP contribution in [0.1, 0.15) is 72.4 Å². The molecule has 0 radical (unpaired) electrons. The largest absolute Gasteiger partial charge is 0.389 e. The van der Waals surface area contributed by atoms with Gasteiger partial charge >= 0.3 is 6.18 Å². The zero-order valence-electron chi connectivity index (χ0n) is 18.8. The minimum Gasteiger partial charge on any atom is -0.353 e. The molecule has 1 amide bonds. The molecule has 1 aliphatic heterocycles. The second-order valence-corrected chi connectivity index (χ2v) is 10.6. The van der Waals surface area contributed by atoms with Crippen LogP contribution in [0.25, 0.3) is 0 Å². The lowest BCUT2D eigenvalue weighted by Crippen LogP contribution is -2.38. The number of rotatable bonds is 10. The van der Waals surface area contributed by atoms with Gasteiger partial charge in [0.2, 0.25) is 11.8 Å². The summed E-state index contributed by atoms with van der Waals surface area (Å²) in [6.07, 6.45) is -2.54. The molecule has 0 saturated carbocycles. The van der Waals surface area contributed by atoms with Crippen LogP contribution >= 0.6 is 11.8 Å². The fraction of sp³-hybridized carbons (Fsp3) is 0.810. The highest BCUT2D eigenvalue weighted by Gasteiger charge is 2.36. The lowest BCUT2D eigenvalue weighted by atomic mass is 9.84. The van der Waals surface area contributed by atoms with Crippen LogP contribution < -0.4 is 5.32 Å². The maximum absolute atomic E-state index is 12.6. The number of halogens is 3. The summed E-state index contributed by atoms with van der Waals surface area (Å²) >= 11 is 1.18. The molecule has 1 saturated heterocycles. The number of alkyl halides is 3. The predicted molar refractivity (Wildman–Crippen MR) is 114 cm³/mol. The van der Waals surface area contributed by atoms with Gasteiger partial charge in [-0.1, -0.05) is 19.0 Å². The molecule has 1 fully saturated rings. The van der Waals surface area contributed by atoms with Crippen LogP contribution in [0.5, 0.6) is 0 Å². The Hall–Kier alpha value is -1.26. The molecule has 6 nitrogen and oxygen atoms in total. The average Bonchev–Trinajstić information content (AvgIpc) is 3.14. The van der Waals surface area contributed by atoms with Gasteiger partial charge in [-0.25, -0.2) is 0 Å². The molecule has 2 atom stereocenters. The van der Waals surface area contributed by atoms with Gasteiger partial charge < -0.3 is 14.0 Å². The van der Waals surface area contributed by atoms with Gasteiger partial charge in [-0.2, -0.15) is 13.2 Å². The van der Waals surface area contributed by atoms with Crippen molar-refractivity contribution in [3.63, 3.8) is 0 Å². The third kappa shape index (κ3) is 7.98. The third-order valence-corrected chi connectivity index (χ3v) is 6.93. The van der Waals surface area contributed by atoms with Gasteiger partial charge in [0.05, 0.1) is 16.5 Å². The topological polar surface area (TPSA) is 73.6 Å². The molecular weight excluding hydrogens is 433 g/mol. The summed E-state index contributed by atoms with van der Waals surface area (Å²) in [4.78, 5) is 12.6. The monoisotopic (exact) mass is 466 g/mol. The number of thioether (sulfide) groups is 1. The van der Waals surface area contributed by atoms with Crippen molar-refractivity contribution in [2.75, 3.05) is 17.7 Å². The maximum atomic E-state index is 12.6. The number of hydrogen-bond donors (Lipinski definition) is 1. The molecule has 1 aromatic rings. The Balaban J connectivity index is 1.90. The van der Waals surface area contributed by atoms with Crippen molar-refractivity contribution in [3.05, 3.63) is 11.8 Å². The van der Waals surface area contributed by atoms with E-state index in [-0.39, 0.29) is 36.4 Å². The van der Waals surface area contributed by atoms with Crippen molar-refractivity contribution in [3.8, 4) is 0 Å². The van der Waals surface area contributed by atoms with Crippen LogP contribution in [0.3, 0.4) is 0 Å². The molecule has 10 heteroatoms. The van der Waals surface area contributed by atoms with Crippen molar-refractivity contribution in [2.24, 2.45) is 0 Å². The molecule has 1 unspecified atom stereocenters. The molecule has 1 aromatic heterocycles. The summed E-state index contributed by atoms with van der Waals surface area (Å²) < 4.78 is 52.9. The molecule has 0 bridgehead atoms. The number of ether oxygens (including phenoxy) is 2. The molecule has 1 N–H and O–H groups in total. The highest BCUT2D eigenvalue weighted by Crippen LogP contribution is 2.33. The SMILES string of the molecule is C[C@@H](OC1CCCCO1)C(C)(C)c1cc(NC(=O)C(C)(C)SCCCC(F)(F)F)on1. The molecule has 0 spiro atoms. The first-order valence-electron chi connectivity index (χ1n) is 10.6. The Morgan fingerprint density at radius 1 is 1.32 bits per heavy atom. The van der Waals surface area contributed by atoms with E-state index in [0.717, 1.165) is 19.3 Å². The zero-order valence-corrected chi connectivity index (χ0v) is 19.6. The Morgan fingerprint density at radius 3 is 2.65 bits per heavy atom. The van der Waals surface area contributed by atoms with Gasteiger partial charge in [0, 0.05) is 24.5 Å². The number of nitrogens with zero attached hydrogens (tertiary/aromatic N) is 1. The van der Waals surface area contributed by atoms with Gasteiger partial charge in [-0.15, -0.1) is 11.8 Å². The fourth-order valence-electron chi connectivity index (χ4n) is 2.99. The minimum absolute atomic E-state index is 0.0336. The summed E-state index contributed by atoms with van der Waals surface area (Å²) in [6.45, 7) is 9.94. The standard InChI is InChI=1S/C21H33F3N2O4S/c1-14(29-17-9-6-7-11-28-17)19(2,3)15-13-16(30-26-15)25-18(27)20(4,5)31-12-8-10-21(22,23)24/h13-14,17H,6-12H2,1-5H3,(H,25,27)/t14-,17?/m1/s1. The second kappa shape index (κ2) is 10.6. The van der Waals surface area contributed by atoms with E-state index in [1.807, 2.05) is 20.8 Å². The quantitative estimate of drug-likeness (QED) is 0.448. The van der Waals surface area contributed by atoms with Gasteiger partial charge in [-0.3, -0.25) is 10.1 Å². The molecule has 1 aliphatic rings. The van der Waals surface area contributed by atoms with Crippen LogP contribution in [0.2, 0.25) is 0 Å². The highest BCUT2D eigenvalue weighted by molar-refractivity contribution is 8.01. The van der Waals surface area contributed by atoms with Crippen molar-refractivity contribution < 1.29 is 32.0 Å². The maximum Gasteiger partial charge on any atom is 0.389 e. The smallest absolute Gasteiger partial charge is 0.353 e. The number of carbonyl (C=O) groups is 1. The van der Waals surface area contributed by atoms with E-state index in [4.69, 9.17) is 14.0 Å². The van der Waals surface area contributed by atoms with Crippen LogP contribution in [-0.2, 0) is 19.7 Å². The first kappa shape index (κ1) is 26.0. The number of hydrogen-bond acceptors (Lipinski definition) is 6. The van der Waals surface area contributed by atoms with Gasteiger partial charge in [0.1, 0.15) is 0 Å². The molecule has 2 heterocycles. The van der Waals surface area contributed by atoms with Crippen molar-refractivity contribution in [1.82, 2.24) is 5.16 Å². The van der Waals surface area contributed by atoms with E-state index >= 15 is 0 Å². The summed E-state index contributed by atoms with van der Waals surface area (Å²) in [5.74, 6) is 0.0651. The fourth-order valence-corrected chi connectivity index (χ4v) is 3.97. The zero-order chi connectivity index (χ0) is 23.3. The number of amides is 1. The third-order valence-electron chi connectivity index (χ3n) is 5.53. The lowest BCUT2D eigenvalue weighted by molar-refractivity contribution is -0.196. The van der Waals surface area contributed by atoms with Crippen molar-refractivity contribution >= 4 is 23.6 Å². The van der Waals surface area contributed by atoms with Crippen LogP contribution in [0.4, 0.5) is 19.1 Å². The Bertz CT molecular complexity index is 716. The second-order valence-electron chi connectivity index (χ2n) is 8.90. The number of carbonyl (C=O) groups excluding carboxylic acids is 1. The Kier molecular flexibility index (Phi) is 8.86. The molecular formula is C21H33F3N2O4S. The minimum atomic E-state index is -4.18. The van der Waals surface area contributed by atoms with Gasteiger partial charge in [-0.05, 0) is 52.2 Å². The first-order chi connectivity index (χ1) is 14.3. The van der Waals surface area contributed by atoms with Crippen molar-refractivity contribution in [1.29, 1.82) is 0 Å². The predicted octanol–water partition coefficient (Wildman–Crippen LogP) is 5.68. The molecule has 31 heavy (non-hydrogen) atoms. The number of nitrogens with one attached hydrogen (secondary N) is 1. The summed E-state index contributed by atoms with van der Waals surface area (Å²) in [6, 6.07) is 1.66. The number of anilines is 1. The van der Waals surface area contributed by atoms with Gasteiger partial charge in [0.15, 0.2) is 6.29 Å². The Morgan fingerprint density at radius 2 is 2.03 bits per heavy atom. The van der Waals surface area contributed by atoms with E-state index in [1.165, 1.54) is 11.8 Å². The molecule has 0 aromatic carbocycles. The highest BCUT2D eigenvalue weighted by atomic mass is 32.2. The normalized spacial score (nSPS) is 19.3. The van der Waals surface area contributed by atoms with Gasteiger partial charge in [0.25, 0.3) is 0 Å². The Labute approximate surface area is 186 Å². The molecule has 2 rings (SSSR count). The van der Waals surface area contributed by atoms with E-state index in [1.54, 1.807) is 19.9 Å². The van der Waals surface area contributed by atoms with E-state index in [9.17, 15) is 18.0 Å². The summed E-state index contributed by atoms with van der Waals surface area (Å²) in [7, 11) is 0. The molecule has 0 aliphatic carbocycles. The van der Waals surface area contributed by atoms with Crippen LogP contribution in [0, 0.1) is 0 Å². The van der Waals surface area contributed by atoms with E-state index in [0.29, 0.717) is 12.3 Å². The van der Waals surface area contributed by atoms with Crippen LogP contribution in [-0.4, -0.2) is 46.7 Å². The summed E-state index contributed by atoms with van der Waals surface area (Å²) in [5.41, 5.74) is 0.136. The summed E-state index contributed by atoms with van der Waals surface area (Å²) in [5, 5.41) is 6.77. The van der Waals surface area contributed by atoms with E-state index in [2.05, 4.69) is 10.5 Å².